The topological polar surface area (TPSA) is 40.5 Å². The van der Waals surface area contributed by atoms with Crippen molar-refractivity contribution in [2.75, 3.05) is 13.1 Å². The zero-order valence-corrected chi connectivity index (χ0v) is 12.5. The normalized spacial score (nSPS) is 21.6. The van der Waals surface area contributed by atoms with E-state index in [-0.39, 0.29) is 5.92 Å². The van der Waals surface area contributed by atoms with Crippen LogP contribution in [0.2, 0.25) is 0 Å². The summed E-state index contributed by atoms with van der Waals surface area (Å²) in [6.07, 6.45) is 4.09. The molecular formula is C17H25NO2. The standard InChI is InChI=1S/C17H25NO2/c1-3-5-14-7-9-15(10-8-14)13(2)18-11-4-6-16(12-18)17(19)20/h7-10,13,16H,3-6,11-12H2,1-2H3,(H,19,20). The number of carboxylic acid groups (broad SMARTS) is 1. The highest BCUT2D eigenvalue weighted by atomic mass is 16.4. The fourth-order valence-corrected chi connectivity index (χ4v) is 3.02. The number of carbonyl (C=O) groups is 1. The molecule has 0 amide bonds. The molecule has 3 heteroatoms. The Labute approximate surface area is 121 Å². The highest BCUT2D eigenvalue weighted by Gasteiger charge is 2.28. The Morgan fingerprint density at radius 3 is 2.70 bits per heavy atom. The van der Waals surface area contributed by atoms with Crippen LogP contribution in [0.5, 0.6) is 0 Å². The zero-order chi connectivity index (χ0) is 14.5. The van der Waals surface area contributed by atoms with E-state index in [1.165, 1.54) is 17.5 Å². The van der Waals surface area contributed by atoms with Gasteiger partial charge in [0.2, 0.25) is 0 Å². The van der Waals surface area contributed by atoms with E-state index in [0.29, 0.717) is 12.6 Å². The van der Waals surface area contributed by atoms with Crippen LogP contribution >= 0.6 is 0 Å². The molecule has 0 aromatic heterocycles. The van der Waals surface area contributed by atoms with E-state index < -0.39 is 5.97 Å². The maximum absolute atomic E-state index is 11.1. The predicted molar refractivity (Wildman–Crippen MR) is 80.8 cm³/mol. The minimum absolute atomic E-state index is 0.203. The maximum atomic E-state index is 11.1. The quantitative estimate of drug-likeness (QED) is 0.894. The zero-order valence-electron chi connectivity index (χ0n) is 12.5. The first-order valence-corrected chi connectivity index (χ1v) is 7.67. The van der Waals surface area contributed by atoms with Gasteiger partial charge in [0.1, 0.15) is 0 Å². The fourth-order valence-electron chi connectivity index (χ4n) is 3.02. The number of likely N-dealkylation sites (tertiary alicyclic amines) is 1. The van der Waals surface area contributed by atoms with Crippen LogP contribution in [0.25, 0.3) is 0 Å². The van der Waals surface area contributed by atoms with E-state index in [2.05, 4.69) is 43.0 Å². The molecule has 0 spiro atoms. The van der Waals surface area contributed by atoms with E-state index >= 15 is 0 Å². The number of aryl methyl sites for hydroxylation is 1. The van der Waals surface area contributed by atoms with Gasteiger partial charge in [-0.2, -0.15) is 0 Å². The van der Waals surface area contributed by atoms with E-state index in [4.69, 9.17) is 0 Å². The molecule has 1 aromatic rings. The summed E-state index contributed by atoms with van der Waals surface area (Å²) in [6, 6.07) is 9.09. The summed E-state index contributed by atoms with van der Waals surface area (Å²) in [6.45, 7) is 6.05. The third kappa shape index (κ3) is 3.60. The van der Waals surface area contributed by atoms with Crippen molar-refractivity contribution in [3.05, 3.63) is 35.4 Å². The summed E-state index contributed by atoms with van der Waals surface area (Å²) in [5.74, 6) is -0.856. The van der Waals surface area contributed by atoms with Crippen molar-refractivity contribution in [2.45, 2.75) is 45.6 Å². The average Bonchev–Trinajstić information content (AvgIpc) is 2.48. The Hall–Kier alpha value is -1.35. The number of piperidine rings is 1. The monoisotopic (exact) mass is 275 g/mol. The first kappa shape index (κ1) is 15.0. The van der Waals surface area contributed by atoms with Crippen LogP contribution in [0.1, 0.15) is 50.3 Å². The number of carboxylic acids is 1. The lowest BCUT2D eigenvalue weighted by Crippen LogP contribution is -2.40. The minimum atomic E-state index is -0.653. The van der Waals surface area contributed by atoms with Crippen molar-refractivity contribution in [3.8, 4) is 0 Å². The van der Waals surface area contributed by atoms with E-state index in [1.54, 1.807) is 0 Å². The molecule has 2 unspecified atom stereocenters. The van der Waals surface area contributed by atoms with E-state index in [9.17, 15) is 9.90 Å². The maximum Gasteiger partial charge on any atom is 0.307 e. The molecule has 0 bridgehead atoms. The van der Waals surface area contributed by atoms with Gasteiger partial charge in [-0.1, -0.05) is 37.6 Å². The number of hydrogen-bond acceptors (Lipinski definition) is 2. The summed E-state index contributed by atoms with van der Waals surface area (Å²) in [5.41, 5.74) is 2.67. The van der Waals surface area contributed by atoms with Crippen LogP contribution < -0.4 is 0 Å². The second kappa shape index (κ2) is 6.89. The van der Waals surface area contributed by atoms with Gasteiger partial charge < -0.3 is 5.11 Å². The van der Waals surface area contributed by atoms with Gasteiger partial charge in [0.15, 0.2) is 0 Å². The molecule has 0 radical (unpaired) electrons. The first-order valence-electron chi connectivity index (χ1n) is 7.67. The fraction of sp³-hybridized carbons (Fsp3) is 0.588. The van der Waals surface area contributed by atoms with Crippen LogP contribution in [-0.4, -0.2) is 29.1 Å². The molecule has 3 nitrogen and oxygen atoms in total. The largest absolute Gasteiger partial charge is 0.481 e. The second-order valence-electron chi connectivity index (χ2n) is 5.84. The number of hydrogen-bond donors (Lipinski definition) is 1. The van der Waals surface area contributed by atoms with Crippen LogP contribution in [0, 0.1) is 5.92 Å². The molecule has 1 N–H and O–H groups in total. The van der Waals surface area contributed by atoms with Gasteiger partial charge in [-0.25, -0.2) is 0 Å². The summed E-state index contributed by atoms with van der Waals surface area (Å²) < 4.78 is 0. The van der Waals surface area contributed by atoms with Gasteiger partial charge in [-0.3, -0.25) is 9.69 Å². The molecule has 1 aromatic carbocycles. The molecule has 1 heterocycles. The highest BCUT2D eigenvalue weighted by molar-refractivity contribution is 5.70. The lowest BCUT2D eigenvalue weighted by Gasteiger charge is -2.35. The van der Waals surface area contributed by atoms with Gasteiger partial charge in [-0.15, -0.1) is 0 Å². The highest BCUT2D eigenvalue weighted by Crippen LogP contribution is 2.27. The van der Waals surface area contributed by atoms with Crippen molar-refractivity contribution in [1.82, 2.24) is 4.90 Å². The number of nitrogens with zero attached hydrogens (tertiary/aromatic N) is 1. The van der Waals surface area contributed by atoms with Crippen LogP contribution in [-0.2, 0) is 11.2 Å². The molecule has 2 rings (SSSR count). The van der Waals surface area contributed by atoms with Gasteiger partial charge in [0, 0.05) is 12.6 Å². The predicted octanol–water partition coefficient (Wildman–Crippen LogP) is 3.50. The molecule has 1 aliphatic heterocycles. The van der Waals surface area contributed by atoms with Crippen molar-refractivity contribution in [1.29, 1.82) is 0 Å². The Morgan fingerprint density at radius 2 is 2.10 bits per heavy atom. The molecule has 2 atom stereocenters. The Morgan fingerprint density at radius 1 is 1.40 bits per heavy atom. The lowest BCUT2D eigenvalue weighted by atomic mass is 9.95. The van der Waals surface area contributed by atoms with Gasteiger partial charge in [-0.05, 0) is 43.9 Å². The summed E-state index contributed by atoms with van der Waals surface area (Å²) in [5, 5.41) is 9.18. The van der Waals surface area contributed by atoms with Crippen molar-refractivity contribution >= 4 is 5.97 Å². The Kier molecular flexibility index (Phi) is 5.18. The molecule has 20 heavy (non-hydrogen) atoms. The van der Waals surface area contributed by atoms with Crippen LogP contribution in [0.15, 0.2) is 24.3 Å². The molecule has 0 aliphatic carbocycles. The number of aliphatic carboxylic acids is 1. The van der Waals surface area contributed by atoms with E-state index in [0.717, 1.165) is 25.8 Å². The molecular weight excluding hydrogens is 250 g/mol. The number of benzene rings is 1. The summed E-state index contributed by atoms with van der Waals surface area (Å²) in [7, 11) is 0. The van der Waals surface area contributed by atoms with Gasteiger partial charge >= 0.3 is 5.97 Å². The molecule has 1 aliphatic rings. The Bertz CT molecular complexity index is 441. The van der Waals surface area contributed by atoms with Crippen molar-refractivity contribution in [2.24, 2.45) is 5.92 Å². The molecule has 0 saturated carbocycles. The molecule has 1 fully saturated rings. The summed E-state index contributed by atoms with van der Waals surface area (Å²) in [4.78, 5) is 13.5. The summed E-state index contributed by atoms with van der Waals surface area (Å²) >= 11 is 0. The van der Waals surface area contributed by atoms with Crippen LogP contribution in [0.4, 0.5) is 0 Å². The first-order chi connectivity index (χ1) is 9.61. The molecule has 110 valence electrons. The smallest absolute Gasteiger partial charge is 0.307 e. The van der Waals surface area contributed by atoms with Gasteiger partial charge in [0.05, 0.1) is 5.92 Å². The SMILES string of the molecule is CCCc1ccc(C(C)N2CCCC(C(=O)O)C2)cc1. The van der Waals surface area contributed by atoms with Crippen LogP contribution in [0.3, 0.4) is 0 Å². The van der Waals surface area contributed by atoms with Crippen molar-refractivity contribution < 1.29 is 9.90 Å². The third-order valence-corrected chi connectivity index (χ3v) is 4.35. The number of rotatable bonds is 5. The Balaban J connectivity index is 2.02. The minimum Gasteiger partial charge on any atom is -0.481 e. The van der Waals surface area contributed by atoms with Gasteiger partial charge in [0.25, 0.3) is 0 Å². The second-order valence-corrected chi connectivity index (χ2v) is 5.84. The third-order valence-electron chi connectivity index (χ3n) is 4.35. The molecule has 1 saturated heterocycles. The van der Waals surface area contributed by atoms with Crippen molar-refractivity contribution in [3.63, 3.8) is 0 Å². The van der Waals surface area contributed by atoms with E-state index in [1.807, 2.05) is 0 Å². The lowest BCUT2D eigenvalue weighted by molar-refractivity contribution is -0.143. The average molecular weight is 275 g/mol.